The van der Waals surface area contributed by atoms with Crippen LogP contribution in [0.3, 0.4) is 0 Å². The molecule has 0 radical (unpaired) electrons. The number of hydrogen-bond donors (Lipinski definition) is 2. The van der Waals surface area contributed by atoms with Gasteiger partial charge in [-0.3, -0.25) is 4.79 Å². The molecular weight excluding hydrogens is 252 g/mol. The van der Waals surface area contributed by atoms with E-state index in [1.165, 1.54) is 35.6 Å². The van der Waals surface area contributed by atoms with Crippen LogP contribution in [-0.2, 0) is 6.54 Å². The Morgan fingerprint density at radius 1 is 1.22 bits per heavy atom. The van der Waals surface area contributed by atoms with E-state index < -0.39 is 5.97 Å². The molecule has 0 saturated heterocycles. The molecule has 0 aliphatic rings. The summed E-state index contributed by atoms with van der Waals surface area (Å²) in [5, 5.41) is 14.1. The second-order valence-electron chi connectivity index (χ2n) is 3.49. The van der Waals surface area contributed by atoms with E-state index in [9.17, 15) is 9.59 Å². The average Bonchev–Trinajstić information content (AvgIpc) is 2.89. The zero-order valence-corrected chi connectivity index (χ0v) is 10.1. The Balaban J connectivity index is 1.98. The fourth-order valence-electron chi connectivity index (χ4n) is 1.36. The summed E-state index contributed by atoms with van der Waals surface area (Å²) in [6.45, 7) is 0.372. The lowest BCUT2D eigenvalue weighted by Gasteiger charge is -2.03. The van der Waals surface area contributed by atoms with Crippen molar-refractivity contribution in [1.29, 1.82) is 0 Å². The van der Waals surface area contributed by atoms with Crippen molar-refractivity contribution in [2.24, 2.45) is 0 Å². The number of nitrogens with one attached hydrogen (secondary N) is 1. The van der Waals surface area contributed by atoms with Crippen molar-refractivity contribution < 1.29 is 14.7 Å². The zero-order chi connectivity index (χ0) is 13.0. The topological polar surface area (TPSA) is 79.3 Å². The molecule has 0 aliphatic carbocycles. The van der Waals surface area contributed by atoms with E-state index in [1.54, 1.807) is 6.20 Å². The second kappa shape index (κ2) is 5.42. The summed E-state index contributed by atoms with van der Waals surface area (Å²) in [7, 11) is 0. The minimum Gasteiger partial charge on any atom is -0.478 e. The van der Waals surface area contributed by atoms with Crippen LogP contribution in [0.2, 0.25) is 0 Å². The highest BCUT2D eigenvalue weighted by atomic mass is 32.1. The number of hydrogen-bond acceptors (Lipinski definition) is 4. The monoisotopic (exact) mass is 262 g/mol. The second-order valence-corrected chi connectivity index (χ2v) is 4.47. The first-order chi connectivity index (χ1) is 8.66. The van der Waals surface area contributed by atoms with Crippen molar-refractivity contribution in [1.82, 2.24) is 10.3 Å². The number of carbonyl (C=O) groups excluding carboxylic acids is 1. The van der Waals surface area contributed by atoms with Crippen LogP contribution in [0.1, 0.15) is 25.7 Å². The summed E-state index contributed by atoms with van der Waals surface area (Å²) in [5.41, 5.74) is 0.586. The number of carboxylic acids is 1. The fraction of sp³-hybridized carbons (Fsp3) is 0.0833. The van der Waals surface area contributed by atoms with Crippen LogP contribution in [0.15, 0.2) is 35.8 Å². The van der Waals surface area contributed by atoms with Crippen molar-refractivity contribution in [3.05, 3.63) is 52.0 Å². The third kappa shape index (κ3) is 2.92. The number of aromatic nitrogens is 1. The summed E-state index contributed by atoms with van der Waals surface area (Å²) < 4.78 is 0. The molecule has 2 N–H and O–H groups in total. The Labute approximate surface area is 107 Å². The van der Waals surface area contributed by atoms with Crippen LogP contribution in [0, 0.1) is 0 Å². The summed E-state index contributed by atoms with van der Waals surface area (Å²) in [6, 6.07) is 5.78. The van der Waals surface area contributed by atoms with Gasteiger partial charge in [0.1, 0.15) is 5.01 Å². The first kappa shape index (κ1) is 12.3. The first-order valence-corrected chi connectivity index (χ1v) is 6.04. The van der Waals surface area contributed by atoms with Crippen LogP contribution in [0.4, 0.5) is 0 Å². The number of carboxylic acid groups (broad SMARTS) is 1. The summed E-state index contributed by atoms with van der Waals surface area (Å²) in [6.07, 6.45) is 1.67. The maximum atomic E-state index is 11.7. The molecule has 0 spiro atoms. The van der Waals surface area contributed by atoms with Gasteiger partial charge in [-0.15, -0.1) is 11.3 Å². The minimum atomic E-state index is -1.01. The molecule has 0 saturated carbocycles. The van der Waals surface area contributed by atoms with Crippen molar-refractivity contribution in [3.63, 3.8) is 0 Å². The highest BCUT2D eigenvalue weighted by molar-refractivity contribution is 7.09. The van der Waals surface area contributed by atoms with E-state index in [0.29, 0.717) is 12.1 Å². The molecule has 1 aromatic heterocycles. The maximum Gasteiger partial charge on any atom is 0.335 e. The molecule has 6 heteroatoms. The number of nitrogens with zero attached hydrogens (tertiary/aromatic N) is 1. The number of rotatable bonds is 4. The molecule has 1 aromatic carbocycles. The van der Waals surface area contributed by atoms with Crippen molar-refractivity contribution in [2.45, 2.75) is 6.54 Å². The normalized spacial score (nSPS) is 10.0. The van der Waals surface area contributed by atoms with E-state index in [0.717, 1.165) is 5.01 Å². The largest absolute Gasteiger partial charge is 0.478 e. The van der Waals surface area contributed by atoms with Crippen molar-refractivity contribution >= 4 is 23.2 Å². The molecule has 5 nitrogen and oxygen atoms in total. The molecule has 1 heterocycles. The highest BCUT2D eigenvalue weighted by Crippen LogP contribution is 2.06. The maximum absolute atomic E-state index is 11.7. The van der Waals surface area contributed by atoms with Crippen LogP contribution >= 0.6 is 11.3 Å². The Hall–Kier alpha value is -2.21. The standard InChI is InChI=1S/C12H10N2O3S/c15-11(14-7-10-13-5-6-18-10)8-1-3-9(4-2-8)12(16)17/h1-6H,7H2,(H,14,15)(H,16,17). The number of aromatic carboxylic acids is 1. The van der Waals surface area contributed by atoms with Gasteiger partial charge in [-0.25, -0.2) is 9.78 Å². The summed E-state index contributed by atoms with van der Waals surface area (Å²) in [5.74, 6) is -1.26. The Kier molecular flexibility index (Phi) is 3.69. The molecule has 0 fully saturated rings. The van der Waals surface area contributed by atoms with Gasteiger partial charge in [0.15, 0.2) is 0 Å². The van der Waals surface area contributed by atoms with Crippen LogP contribution < -0.4 is 5.32 Å². The Bertz CT molecular complexity index is 549. The SMILES string of the molecule is O=C(O)c1ccc(C(=O)NCc2nccs2)cc1. The van der Waals surface area contributed by atoms with E-state index in [4.69, 9.17) is 5.11 Å². The molecule has 92 valence electrons. The molecule has 0 aliphatic heterocycles. The van der Waals surface area contributed by atoms with Gasteiger partial charge in [0.25, 0.3) is 5.91 Å². The lowest BCUT2D eigenvalue weighted by Crippen LogP contribution is -2.22. The van der Waals surface area contributed by atoms with Crippen molar-refractivity contribution in [2.75, 3.05) is 0 Å². The average molecular weight is 262 g/mol. The molecule has 0 bridgehead atoms. The van der Waals surface area contributed by atoms with Crippen LogP contribution in [-0.4, -0.2) is 22.0 Å². The highest BCUT2D eigenvalue weighted by Gasteiger charge is 2.07. The lowest BCUT2D eigenvalue weighted by atomic mass is 10.1. The van der Waals surface area contributed by atoms with E-state index in [-0.39, 0.29) is 11.5 Å². The molecule has 0 unspecified atom stereocenters. The van der Waals surface area contributed by atoms with Gasteiger partial charge in [0.05, 0.1) is 12.1 Å². The lowest BCUT2D eigenvalue weighted by molar-refractivity contribution is 0.0696. The van der Waals surface area contributed by atoms with Gasteiger partial charge in [-0.1, -0.05) is 0 Å². The van der Waals surface area contributed by atoms with Crippen LogP contribution in [0.5, 0.6) is 0 Å². The quantitative estimate of drug-likeness (QED) is 0.880. The van der Waals surface area contributed by atoms with Gasteiger partial charge >= 0.3 is 5.97 Å². The zero-order valence-electron chi connectivity index (χ0n) is 9.29. The third-order valence-electron chi connectivity index (χ3n) is 2.28. The van der Waals surface area contributed by atoms with Gasteiger partial charge < -0.3 is 10.4 Å². The molecule has 1 amide bonds. The summed E-state index contributed by atoms with van der Waals surface area (Å²) in [4.78, 5) is 26.4. The number of amides is 1. The molecular formula is C12H10N2O3S. The van der Waals surface area contributed by atoms with Crippen LogP contribution in [0.25, 0.3) is 0 Å². The minimum absolute atomic E-state index is 0.159. The number of carbonyl (C=O) groups is 2. The number of thiazole rings is 1. The predicted octanol–water partition coefficient (Wildman–Crippen LogP) is 1.77. The van der Waals surface area contributed by atoms with E-state index >= 15 is 0 Å². The van der Waals surface area contributed by atoms with Gasteiger partial charge in [-0.05, 0) is 24.3 Å². The number of benzene rings is 1. The first-order valence-electron chi connectivity index (χ1n) is 5.17. The third-order valence-corrected chi connectivity index (χ3v) is 3.06. The van der Waals surface area contributed by atoms with E-state index in [1.807, 2.05) is 5.38 Å². The van der Waals surface area contributed by atoms with Gasteiger partial charge in [-0.2, -0.15) is 0 Å². The molecule has 2 aromatic rings. The predicted molar refractivity (Wildman–Crippen MR) is 66.7 cm³/mol. The van der Waals surface area contributed by atoms with E-state index in [2.05, 4.69) is 10.3 Å². The Morgan fingerprint density at radius 3 is 2.44 bits per heavy atom. The fourth-order valence-corrected chi connectivity index (χ4v) is 1.92. The van der Waals surface area contributed by atoms with Gasteiger partial charge in [0.2, 0.25) is 0 Å². The molecule has 0 atom stereocenters. The van der Waals surface area contributed by atoms with Gasteiger partial charge in [0, 0.05) is 17.1 Å². The molecule has 18 heavy (non-hydrogen) atoms. The molecule has 2 rings (SSSR count). The van der Waals surface area contributed by atoms with Crippen molar-refractivity contribution in [3.8, 4) is 0 Å². The smallest absolute Gasteiger partial charge is 0.335 e. The summed E-state index contributed by atoms with van der Waals surface area (Å²) >= 11 is 1.46. The Morgan fingerprint density at radius 2 is 1.89 bits per heavy atom.